The van der Waals surface area contributed by atoms with Crippen LogP contribution in [0.1, 0.15) is 24.2 Å². The van der Waals surface area contributed by atoms with Gasteiger partial charge in [-0.05, 0) is 32.0 Å². The molecule has 4 nitrogen and oxygen atoms in total. The molecule has 0 aliphatic heterocycles. The third kappa shape index (κ3) is 3.20. The van der Waals surface area contributed by atoms with Crippen LogP contribution in [0.2, 0.25) is 0 Å². The van der Waals surface area contributed by atoms with E-state index in [4.69, 9.17) is 14.6 Å². The fourth-order valence-corrected chi connectivity index (χ4v) is 1.17. The largest absolute Gasteiger partial charge is 0.478 e. The van der Waals surface area contributed by atoms with Crippen LogP contribution >= 0.6 is 0 Å². The maximum atomic E-state index is 13.3. The normalized spacial score (nSPS) is 12.2. The molecule has 0 aliphatic rings. The Morgan fingerprint density at radius 1 is 1.56 bits per heavy atom. The molecule has 0 spiro atoms. The summed E-state index contributed by atoms with van der Waals surface area (Å²) in [6.07, 6.45) is -0.622. The Hall–Kier alpha value is -1.62. The van der Waals surface area contributed by atoms with Gasteiger partial charge in [0.2, 0.25) is 0 Å². The number of rotatable bonds is 5. The van der Waals surface area contributed by atoms with Crippen molar-refractivity contribution in [3.8, 4) is 5.75 Å². The monoisotopic (exact) mass is 228 g/mol. The predicted octanol–water partition coefficient (Wildman–Crippen LogP) is 2.29. The molecule has 88 valence electrons. The fraction of sp³-hybridized carbons (Fsp3) is 0.364. The SMILES string of the molecule is CCOC(C)Oc1cc(C(=O)O)ccc1F. The van der Waals surface area contributed by atoms with Gasteiger partial charge in [-0.15, -0.1) is 0 Å². The van der Waals surface area contributed by atoms with Gasteiger partial charge in [-0.3, -0.25) is 0 Å². The van der Waals surface area contributed by atoms with Crippen molar-refractivity contribution in [3.63, 3.8) is 0 Å². The van der Waals surface area contributed by atoms with Crippen LogP contribution in [0.25, 0.3) is 0 Å². The first-order valence-electron chi connectivity index (χ1n) is 4.85. The number of hydrogen-bond donors (Lipinski definition) is 1. The van der Waals surface area contributed by atoms with Crippen LogP contribution in [-0.2, 0) is 4.74 Å². The molecular formula is C11H13FO4. The molecular weight excluding hydrogens is 215 g/mol. The summed E-state index contributed by atoms with van der Waals surface area (Å²) in [5, 5.41) is 8.73. The van der Waals surface area contributed by atoms with Crippen LogP contribution in [0, 0.1) is 5.82 Å². The van der Waals surface area contributed by atoms with Crippen molar-refractivity contribution in [2.24, 2.45) is 0 Å². The van der Waals surface area contributed by atoms with Gasteiger partial charge in [-0.1, -0.05) is 0 Å². The van der Waals surface area contributed by atoms with Crippen molar-refractivity contribution in [2.45, 2.75) is 20.1 Å². The second-order valence-corrected chi connectivity index (χ2v) is 3.09. The van der Waals surface area contributed by atoms with Crippen molar-refractivity contribution in [2.75, 3.05) is 6.61 Å². The summed E-state index contributed by atoms with van der Waals surface area (Å²) >= 11 is 0. The molecule has 0 heterocycles. The summed E-state index contributed by atoms with van der Waals surface area (Å²) in [4.78, 5) is 10.7. The quantitative estimate of drug-likeness (QED) is 0.785. The van der Waals surface area contributed by atoms with E-state index in [1.54, 1.807) is 13.8 Å². The molecule has 0 saturated carbocycles. The lowest BCUT2D eigenvalue weighted by Crippen LogP contribution is -2.17. The van der Waals surface area contributed by atoms with Crippen molar-refractivity contribution in [1.29, 1.82) is 0 Å². The number of carbonyl (C=O) groups is 1. The highest BCUT2D eigenvalue weighted by molar-refractivity contribution is 5.88. The molecule has 0 amide bonds. The summed E-state index contributed by atoms with van der Waals surface area (Å²) in [6, 6.07) is 3.36. The van der Waals surface area contributed by atoms with Crippen LogP contribution in [-0.4, -0.2) is 24.0 Å². The van der Waals surface area contributed by atoms with Gasteiger partial charge in [0.25, 0.3) is 0 Å². The summed E-state index contributed by atoms with van der Waals surface area (Å²) in [5.74, 6) is -1.87. The lowest BCUT2D eigenvalue weighted by atomic mass is 10.2. The average Bonchev–Trinajstić information content (AvgIpc) is 2.21. The molecule has 0 aliphatic carbocycles. The van der Waals surface area contributed by atoms with Gasteiger partial charge < -0.3 is 14.6 Å². The minimum absolute atomic E-state index is 0.0277. The standard InChI is InChI=1S/C11H13FO4/c1-3-15-7(2)16-10-6-8(11(13)14)4-5-9(10)12/h4-7H,3H2,1-2H3,(H,13,14). The molecule has 0 saturated heterocycles. The zero-order valence-corrected chi connectivity index (χ0v) is 9.07. The lowest BCUT2D eigenvalue weighted by molar-refractivity contribution is -0.0631. The van der Waals surface area contributed by atoms with Gasteiger partial charge in [-0.25, -0.2) is 9.18 Å². The summed E-state index contributed by atoms with van der Waals surface area (Å²) in [5.41, 5.74) is -0.0277. The molecule has 0 fully saturated rings. The van der Waals surface area contributed by atoms with Crippen molar-refractivity contribution >= 4 is 5.97 Å². The third-order valence-corrected chi connectivity index (χ3v) is 1.87. The maximum absolute atomic E-state index is 13.3. The number of aromatic carboxylic acids is 1. The Balaban J connectivity index is 2.85. The van der Waals surface area contributed by atoms with Gasteiger partial charge in [0.15, 0.2) is 17.9 Å². The van der Waals surface area contributed by atoms with Crippen molar-refractivity contribution in [3.05, 3.63) is 29.6 Å². The second-order valence-electron chi connectivity index (χ2n) is 3.09. The maximum Gasteiger partial charge on any atom is 0.335 e. The highest BCUT2D eigenvalue weighted by Gasteiger charge is 2.12. The predicted molar refractivity (Wildman–Crippen MR) is 55.1 cm³/mol. The molecule has 5 heteroatoms. The lowest BCUT2D eigenvalue weighted by Gasteiger charge is -2.14. The number of halogens is 1. The molecule has 1 aromatic rings. The second kappa shape index (κ2) is 5.46. The number of hydrogen-bond acceptors (Lipinski definition) is 3. The molecule has 1 unspecified atom stereocenters. The summed E-state index contributed by atoms with van der Waals surface area (Å²) in [6.45, 7) is 3.82. The Labute approximate surface area is 92.6 Å². The van der Waals surface area contributed by atoms with Gasteiger partial charge in [0, 0.05) is 6.61 Å². The summed E-state index contributed by atoms with van der Waals surface area (Å²) in [7, 11) is 0. The van der Waals surface area contributed by atoms with Crippen molar-refractivity contribution < 1.29 is 23.8 Å². The van der Waals surface area contributed by atoms with Gasteiger partial charge in [0.1, 0.15) is 0 Å². The molecule has 0 bridgehead atoms. The molecule has 1 N–H and O–H groups in total. The van der Waals surface area contributed by atoms with Crippen molar-refractivity contribution in [1.82, 2.24) is 0 Å². The van der Waals surface area contributed by atoms with E-state index >= 15 is 0 Å². The zero-order valence-electron chi connectivity index (χ0n) is 9.07. The summed E-state index contributed by atoms with van der Waals surface area (Å²) < 4.78 is 23.4. The third-order valence-electron chi connectivity index (χ3n) is 1.87. The minimum atomic E-state index is -1.13. The van der Waals surface area contributed by atoms with Gasteiger partial charge in [0.05, 0.1) is 5.56 Å². The van der Waals surface area contributed by atoms with Crippen LogP contribution in [0.15, 0.2) is 18.2 Å². The first kappa shape index (κ1) is 12.4. The Bertz CT molecular complexity index is 378. The van der Waals surface area contributed by atoms with Crippen LogP contribution in [0.3, 0.4) is 0 Å². The van der Waals surface area contributed by atoms with Crippen LogP contribution < -0.4 is 4.74 Å². The smallest absolute Gasteiger partial charge is 0.335 e. The Morgan fingerprint density at radius 2 is 2.25 bits per heavy atom. The topological polar surface area (TPSA) is 55.8 Å². The first-order chi connectivity index (χ1) is 7.54. The van der Waals surface area contributed by atoms with E-state index < -0.39 is 18.1 Å². The van der Waals surface area contributed by atoms with E-state index in [2.05, 4.69) is 0 Å². The van der Waals surface area contributed by atoms with E-state index in [-0.39, 0.29) is 11.3 Å². The molecule has 0 radical (unpaired) electrons. The molecule has 1 atom stereocenters. The van der Waals surface area contributed by atoms with E-state index in [1.165, 1.54) is 6.07 Å². The number of ether oxygens (including phenoxy) is 2. The van der Waals surface area contributed by atoms with E-state index in [0.717, 1.165) is 12.1 Å². The molecule has 1 rings (SSSR count). The fourth-order valence-electron chi connectivity index (χ4n) is 1.17. The Morgan fingerprint density at radius 3 is 2.81 bits per heavy atom. The van der Waals surface area contributed by atoms with Crippen LogP contribution in [0.5, 0.6) is 5.75 Å². The molecule has 16 heavy (non-hydrogen) atoms. The van der Waals surface area contributed by atoms with Crippen LogP contribution in [0.4, 0.5) is 4.39 Å². The number of carboxylic acids is 1. The first-order valence-corrected chi connectivity index (χ1v) is 4.85. The highest BCUT2D eigenvalue weighted by atomic mass is 19.1. The average molecular weight is 228 g/mol. The van der Waals surface area contributed by atoms with E-state index in [1.807, 2.05) is 0 Å². The zero-order chi connectivity index (χ0) is 12.1. The van der Waals surface area contributed by atoms with Gasteiger partial charge >= 0.3 is 5.97 Å². The van der Waals surface area contributed by atoms with E-state index in [0.29, 0.717) is 6.61 Å². The number of benzene rings is 1. The van der Waals surface area contributed by atoms with E-state index in [9.17, 15) is 9.18 Å². The molecule has 0 aromatic heterocycles. The highest BCUT2D eigenvalue weighted by Crippen LogP contribution is 2.20. The van der Waals surface area contributed by atoms with Gasteiger partial charge in [-0.2, -0.15) is 0 Å². The Kier molecular flexibility index (Phi) is 4.25. The molecule has 1 aromatic carbocycles. The number of carboxylic acid groups (broad SMARTS) is 1. The minimum Gasteiger partial charge on any atom is -0.478 e.